The Hall–Kier alpha value is -1.45. The summed E-state index contributed by atoms with van der Waals surface area (Å²) in [6, 6.07) is 12.3. The molecule has 21 heavy (non-hydrogen) atoms. The number of methoxy groups -OCH3 is 1. The van der Waals surface area contributed by atoms with Crippen molar-refractivity contribution in [2.75, 3.05) is 7.11 Å². The van der Waals surface area contributed by atoms with Crippen LogP contribution in [0.15, 0.2) is 36.4 Å². The third-order valence-corrected chi connectivity index (χ3v) is 4.45. The summed E-state index contributed by atoms with van der Waals surface area (Å²) < 4.78 is 5.19. The lowest BCUT2D eigenvalue weighted by atomic mass is 9.78. The van der Waals surface area contributed by atoms with E-state index in [1.54, 1.807) is 13.2 Å². The van der Waals surface area contributed by atoms with Gasteiger partial charge in [-0.25, -0.2) is 9.97 Å². The van der Waals surface area contributed by atoms with Crippen LogP contribution < -0.4 is 0 Å². The van der Waals surface area contributed by atoms with Crippen molar-refractivity contribution in [3.05, 3.63) is 58.6 Å². The Morgan fingerprint density at radius 2 is 1.86 bits per heavy atom. The predicted octanol–water partition coefficient (Wildman–Crippen LogP) is 4.14. The van der Waals surface area contributed by atoms with Gasteiger partial charge in [0.25, 0.3) is 0 Å². The number of halogens is 1. The van der Waals surface area contributed by atoms with Crippen LogP contribution in [-0.4, -0.2) is 17.1 Å². The zero-order valence-electron chi connectivity index (χ0n) is 12.2. The van der Waals surface area contributed by atoms with Gasteiger partial charge in [-0.3, -0.25) is 0 Å². The second-order valence-electron chi connectivity index (χ2n) is 5.59. The molecule has 3 rings (SSSR count). The molecule has 0 atom stereocenters. The fourth-order valence-electron chi connectivity index (χ4n) is 3.28. The van der Waals surface area contributed by atoms with Crippen molar-refractivity contribution in [1.29, 1.82) is 0 Å². The average molecular weight is 303 g/mol. The van der Waals surface area contributed by atoms with Crippen molar-refractivity contribution >= 4 is 11.6 Å². The van der Waals surface area contributed by atoms with Crippen LogP contribution in [0.4, 0.5) is 0 Å². The largest absolute Gasteiger partial charge is 0.378 e. The molecule has 0 bridgehead atoms. The Labute approximate surface area is 130 Å². The fourth-order valence-corrected chi connectivity index (χ4v) is 3.48. The molecule has 0 saturated heterocycles. The van der Waals surface area contributed by atoms with E-state index in [1.807, 2.05) is 6.07 Å². The number of benzene rings is 1. The van der Waals surface area contributed by atoms with Gasteiger partial charge in [0, 0.05) is 7.11 Å². The first-order valence-electron chi connectivity index (χ1n) is 7.33. The molecule has 1 aliphatic carbocycles. The summed E-state index contributed by atoms with van der Waals surface area (Å²) >= 11 is 6.21. The van der Waals surface area contributed by atoms with Crippen LogP contribution in [0.1, 0.15) is 42.8 Å². The highest BCUT2D eigenvalue weighted by Gasteiger charge is 2.40. The molecular formula is C17H19ClN2O. The average Bonchev–Trinajstić information content (AvgIpc) is 2.99. The summed E-state index contributed by atoms with van der Waals surface area (Å²) in [6.07, 6.45) is 4.54. The summed E-state index contributed by atoms with van der Waals surface area (Å²) in [7, 11) is 1.66. The molecule has 0 radical (unpaired) electrons. The molecule has 0 aliphatic heterocycles. The molecule has 0 N–H and O–H groups in total. The molecule has 1 heterocycles. The number of aromatic nitrogens is 2. The lowest BCUT2D eigenvalue weighted by Crippen LogP contribution is -2.27. The van der Waals surface area contributed by atoms with Crippen LogP contribution in [0.3, 0.4) is 0 Å². The topological polar surface area (TPSA) is 35.0 Å². The van der Waals surface area contributed by atoms with Crippen molar-refractivity contribution in [1.82, 2.24) is 9.97 Å². The van der Waals surface area contributed by atoms with Crippen LogP contribution in [0.2, 0.25) is 5.15 Å². The van der Waals surface area contributed by atoms with E-state index >= 15 is 0 Å². The van der Waals surface area contributed by atoms with Crippen LogP contribution in [0, 0.1) is 0 Å². The van der Waals surface area contributed by atoms with Gasteiger partial charge in [-0.05, 0) is 24.5 Å². The molecule has 1 saturated carbocycles. The summed E-state index contributed by atoms with van der Waals surface area (Å²) in [5.41, 5.74) is 2.03. The van der Waals surface area contributed by atoms with E-state index in [0.29, 0.717) is 11.8 Å². The Balaban J connectivity index is 2.10. The molecule has 1 aliphatic rings. The van der Waals surface area contributed by atoms with Gasteiger partial charge in [0.1, 0.15) is 11.0 Å². The first-order valence-corrected chi connectivity index (χ1v) is 7.71. The van der Waals surface area contributed by atoms with Gasteiger partial charge in [-0.1, -0.05) is 54.8 Å². The molecule has 2 aromatic rings. The maximum atomic E-state index is 6.21. The highest BCUT2D eigenvalue weighted by Crippen LogP contribution is 2.45. The number of hydrogen-bond donors (Lipinski definition) is 0. The lowest BCUT2D eigenvalue weighted by molar-refractivity contribution is 0.181. The maximum Gasteiger partial charge on any atom is 0.140 e. The van der Waals surface area contributed by atoms with Crippen molar-refractivity contribution < 1.29 is 4.74 Å². The molecule has 1 aromatic carbocycles. The quantitative estimate of drug-likeness (QED) is 0.796. The van der Waals surface area contributed by atoms with Gasteiger partial charge in [-0.2, -0.15) is 0 Å². The highest BCUT2D eigenvalue weighted by molar-refractivity contribution is 6.29. The van der Waals surface area contributed by atoms with E-state index in [9.17, 15) is 0 Å². The van der Waals surface area contributed by atoms with E-state index in [0.717, 1.165) is 24.4 Å². The van der Waals surface area contributed by atoms with E-state index < -0.39 is 0 Å². The van der Waals surface area contributed by atoms with Gasteiger partial charge < -0.3 is 4.74 Å². The first-order chi connectivity index (χ1) is 10.2. The second kappa shape index (κ2) is 6.12. The monoisotopic (exact) mass is 302 g/mol. The zero-order chi connectivity index (χ0) is 14.7. The Bertz CT molecular complexity index is 609. The van der Waals surface area contributed by atoms with E-state index in [-0.39, 0.29) is 5.41 Å². The van der Waals surface area contributed by atoms with Crippen LogP contribution in [0.5, 0.6) is 0 Å². The Kier molecular flexibility index (Phi) is 4.22. The second-order valence-corrected chi connectivity index (χ2v) is 5.98. The standard InChI is InChI=1S/C17H19ClN2O/c1-21-12-14-11-15(18)20-16(19-14)17(9-5-6-10-17)13-7-3-2-4-8-13/h2-4,7-8,11H,5-6,9-10,12H2,1H3. The molecule has 3 nitrogen and oxygen atoms in total. The maximum absolute atomic E-state index is 6.21. The van der Waals surface area contributed by atoms with Crippen LogP contribution >= 0.6 is 11.6 Å². The molecular weight excluding hydrogens is 284 g/mol. The Morgan fingerprint density at radius 1 is 1.14 bits per heavy atom. The lowest BCUT2D eigenvalue weighted by Gasteiger charge is -2.28. The highest BCUT2D eigenvalue weighted by atomic mass is 35.5. The van der Waals surface area contributed by atoms with E-state index in [2.05, 4.69) is 29.2 Å². The zero-order valence-corrected chi connectivity index (χ0v) is 12.9. The summed E-state index contributed by atoms with van der Waals surface area (Å²) in [5, 5.41) is 0.495. The van der Waals surface area contributed by atoms with Gasteiger partial charge >= 0.3 is 0 Å². The number of nitrogens with zero attached hydrogens (tertiary/aromatic N) is 2. The summed E-state index contributed by atoms with van der Waals surface area (Å²) in [4.78, 5) is 9.28. The smallest absolute Gasteiger partial charge is 0.140 e. The summed E-state index contributed by atoms with van der Waals surface area (Å²) in [5.74, 6) is 0.839. The third-order valence-electron chi connectivity index (χ3n) is 4.25. The van der Waals surface area contributed by atoms with Gasteiger partial charge in [0.2, 0.25) is 0 Å². The minimum atomic E-state index is -0.103. The van der Waals surface area contributed by atoms with Crippen molar-refractivity contribution in [2.24, 2.45) is 0 Å². The van der Waals surface area contributed by atoms with Gasteiger partial charge in [-0.15, -0.1) is 0 Å². The SMILES string of the molecule is COCc1cc(Cl)nc(C2(c3ccccc3)CCCC2)n1. The van der Waals surface area contributed by atoms with Crippen molar-refractivity contribution in [2.45, 2.75) is 37.7 Å². The normalized spacial score (nSPS) is 17.0. The molecule has 1 aromatic heterocycles. The number of hydrogen-bond acceptors (Lipinski definition) is 3. The van der Waals surface area contributed by atoms with Crippen LogP contribution in [-0.2, 0) is 16.8 Å². The molecule has 4 heteroatoms. The van der Waals surface area contributed by atoms with Gasteiger partial charge in [0.05, 0.1) is 17.7 Å². The number of rotatable bonds is 4. The minimum Gasteiger partial charge on any atom is -0.378 e. The number of ether oxygens (including phenoxy) is 1. The van der Waals surface area contributed by atoms with E-state index in [4.69, 9.17) is 21.3 Å². The predicted molar refractivity (Wildman–Crippen MR) is 83.4 cm³/mol. The molecule has 1 fully saturated rings. The molecule has 0 amide bonds. The first kappa shape index (κ1) is 14.5. The molecule has 0 spiro atoms. The summed E-state index contributed by atoms with van der Waals surface area (Å²) in [6.45, 7) is 0.458. The molecule has 0 unspecified atom stereocenters. The molecule has 110 valence electrons. The Morgan fingerprint density at radius 3 is 2.52 bits per heavy atom. The van der Waals surface area contributed by atoms with Crippen LogP contribution in [0.25, 0.3) is 0 Å². The van der Waals surface area contributed by atoms with E-state index in [1.165, 1.54) is 18.4 Å². The van der Waals surface area contributed by atoms with Gasteiger partial charge in [0.15, 0.2) is 0 Å². The van der Waals surface area contributed by atoms with Crippen molar-refractivity contribution in [3.63, 3.8) is 0 Å². The van der Waals surface area contributed by atoms with Crippen molar-refractivity contribution in [3.8, 4) is 0 Å². The fraction of sp³-hybridized carbons (Fsp3) is 0.412. The minimum absolute atomic E-state index is 0.103. The third kappa shape index (κ3) is 2.81.